The Morgan fingerprint density at radius 3 is 2.92 bits per heavy atom. The minimum Gasteiger partial charge on any atom is -0.479 e. The SMILES string of the molecule is Cc1ccc(C=NNC(=O)C(C)Oc2cccc3cccnc23)o1. The van der Waals surface area contributed by atoms with Crippen LogP contribution in [0.25, 0.3) is 10.9 Å². The van der Waals surface area contributed by atoms with Gasteiger partial charge in [-0.2, -0.15) is 5.10 Å². The lowest BCUT2D eigenvalue weighted by atomic mass is 10.2. The van der Waals surface area contributed by atoms with Crippen LogP contribution >= 0.6 is 0 Å². The molecule has 24 heavy (non-hydrogen) atoms. The quantitative estimate of drug-likeness (QED) is 0.578. The summed E-state index contributed by atoms with van der Waals surface area (Å²) in [5.74, 6) is 1.55. The number of para-hydroxylation sites is 1. The number of hydrazone groups is 1. The summed E-state index contributed by atoms with van der Waals surface area (Å²) in [6.07, 6.45) is 2.42. The van der Waals surface area contributed by atoms with Crippen molar-refractivity contribution in [2.24, 2.45) is 5.10 Å². The number of nitrogens with zero attached hydrogens (tertiary/aromatic N) is 2. The Kier molecular flexibility index (Phi) is 4.56. The number of fused-ring (bicyclic) bond motifs is 1. The van der Waals surface area contributed by atoms with Crippen molar-refractivity contribution in [3.8, 4) is 5.75 Å². The van der Waals surface area contributed by atoms with E-state index in [1.165, 1.54) is 6.21 Å². The van der Waals surface area contributed by atoms with Crippen molar-refractivity contribution in [1.82, 2.24) is 10.4 Å². The molecule has 0 aliphatic carbocycles. The number of aromatic nitrogens is 1. The van der Waals surface area contributed by atoms with Gasteiger partial charge in [-0.05, 0) is 38.1 Å². The van der Waals surface area contributed by atoms with E-state index in [1.54, 1.807) is 25.3 Å². The van der Waals surface area contributed by atoms with Crippen molar-refractivity contribution >= 4 is 23.0 Å². The van der Waals surface area contributed by atoms with Gasteiger partial charge < -0.3 is 9.15 Å². The molecule has 1 N–H and O–H groups in total. The van der Waals surface area contributed by atoms with Crippen molar-refractivity contribution in [3.63, 3.8) is 0 Å². The van der Waals surface area contributed by atoms with Gasteiger partial charge in [0.15, 0.2) is 6.10 Å². The minimum absolute atomic E-state index is 0.359. The molecule has 0 saturated heterocycles. The third-order valence-electron chi connectivity index (χ3n) is 3.40. The van der Waals surface area contributed by atoms with Gasteiger partial charge in [-0.1, -0.05) is 18.2 Å². The zero-order valence-electron chi connectivity index (χ0n) is 13.4. The van der Waals surface area contributed by atoms with Crippen molar-refractivity contribution < 1.29 is 13.9 Å². The first-order valence-electron chi connectivity index (χ1n) is 7.53. The van der Waals surface area contributed by atoms with Gasteiger partial charge in [-0.3, -0.25) is 9.78 Å². The molecule has 1 amide bonds. The van der Waals surface area contributed by atoms with Crippen molar-refractivity contribution in [2.45, 2.75) is 20.0 Å². The van der Waals surface area contributed by atoms with Gasteiger partial charge in [0.2, 0.25) is 0 Å². The van der Waals surface area contributed by atoms with Crippen LogP contribution in [-0.4, -0.2) is 23.2 Å². The number of ether oxygens (including phenoxy) is 1. The summed E-state index contributed by atoms with van der Waals surface area (Å²) in [7, 11) is 0. The van der Waals surface area contributed by atoms with Crippen LogP contribution in [0.3, 0.4) is 0 Å². The Hall–Kier alpha value is -3.15. The second kappa shape index (κ2) is 6.95. The molecular weight excluding hydrogens is 306 g/mol. The first kappa shape index (κ1) is 15.7. The van der Waals surface area contributed by atoms with E-state index in [0.717, 1.165) is 11.1 Å². The molecule has 0 spiro atoms. The first-order chi connectivity index (χ1) is 11.6. The number of carbonyl (C=O) groups excluding carboxylic acids is 1. The highest BCUT2D eigenvalue weighted by atomic mass is 16.5. The van der Waals surface area contributed by atoms with Crippen LogP contribution in [0.4, 0.5) is 0 Å². The van der Waals surface area contributed by atoms with E-state index < -0.39 is 6.10 Å². The molecule has 0 aliphatic rings. The summed E-state index contributed by atoms with van der Waals surface area (Å²) in [5, 5.41) is 4.82. The topological polar surface area (TPSA) is 76.7 Å². The molecule has 1 aromatic carbocycles. The van der Waals surface area contributed by atoms with Crippen molar-refractivity contribution in [3.05, 3.63) is 60.2 Å². The molecule has 122 valence electrons. The van der Waals surface area contributed by atoms with Gasteiger partial charge in [0, 0.05) is 11.6 Å². The van der Waals surface area contributed by atoms with Gasteiger partial charge >= 0.3 is 0 Å². The predicted molar refractivity (Wildman–Crippen MR) is 91.0 cm³/mol. The molecule has 0 aliphatic heterocycles. The number of benzene rings is 1. The van der Waals surface area contributed by atoms with Gasteiger partial charge in [0.25, 0.3) is 5.91 Å². The summed E-state index contributed by atoms with van der Waals surface area (Å²) in [5.41, 5.74) is 3.15. The van der Waals surface area contributed by atoms with E-state index in [1.807, 2.05) is 37.3 Å². The number of furan rings is 1. The molecule has 1 atom stereocenters. The molecule has 3 rings (SSSR count). The monoisotopic (exact) mass is 323 g/mol. The molecule has 0 saturated carbocycles. The molecule has 2 heterocycles. The average Bonchev–Trinajstić information content (AvgIpc) is 3.00. The smallest absolute Gasteiger partial charge is 0.280 e. The highest BCUT2D eigenvalue weighted by Crippen LogP contribution is 2.23. The standard InChI is InChI=1S/C18H17N3O3/c1-12-8-9-15(23-12)11-20-21-18(22)13(2)24-16-7-3-5-14-6-4-10-19-17(14)16/h3-11,13H,1-2H3,(H,21,22). The highest BCUT2D eigenvalue weighted by Gasteiger charge is 2.15. The van der Waals surface area contributed by atoms with Crippen LogP contribution in [-0.2, 0) is 4.79 Å². The first-order valence-corrected chi connectivity index (χ1v) is 7.53. The third-order valence-corrected chi connectivity index (χ3v) is 3.40. The average molecular weight is 323 g/mol. The van der Waals surface area contributed by atoms with E-state index >= 15 is 0 Å². The van der Waals surface area contributed by atoms with Crippen LogP contribution in [0.15, 0.2) is 58.2 Å². The maximum Gasteiger partial charge on any atom is 0.280 e. The number of pyridine rings is 1. The zero-order valence-corrected chi connectivity index (χ0v) is 13.4. The number of hydrogen-bond acceptors (Lipinski definition) is 5. The fourth-order valence-electron chi connectivity index (χ4n) is 2.19. The molecule has 6 nitrogen and oxygen atoms in total. The summed E-state index contributed by atoms with van der Waals surface area (Å²) < 4.78 is 11.1. The Morgan fingerprint density at radius 2 is 2.12 bits per heavy atom. The second-order valence-corrected chi connectivity index (χ2v) is 5.27. The maximum atomic E-state index is 12.1. The van der Waals surface area contributed by atoms with Gasteiger partial charge in [-0.25, -0.2) is 5.43 Å². The van der Waals surface area contributed by atoms with E-state index in [9.17, 15) is 4.79 Å². The Bertz CT molecular complexity index is 881. The second-order valence-electron chi connectivity index (χ2n) is 5.27. The molecule has 0 bridgehead atoms. The molecule has 6 heteroatoms. The van der Waals surface area contributed by atoms with Crippen LogP contribution in [0.5, 0.6) is 5.75 Å². The predicted octanol–water partition coefficient (Wildman–Crippen LogP) is 3.05. The summed E-state index contributed by atoms with van der Waals surface area (Å²) in [4.78, 5) is 16.4. The molecule has 0 radical (unpaired) electrons. The molecule has 0 fully saturated rings. The summed E-state index contributed by atoms with van der Waals surface area (Å²) in [6.45, 7) is 3.49. The zero-order chi connectivity index (χ0) is 16.9. The normalized spacial score (nSPS) is 12.4. The van der Waals surface area contributed by atoms with E-state index in [4.69, 9.17) is 9.15 Å². The molecule has 3 aromatic rings. The van der Waals surface area contributed by atoms with Crippen molar-refractivity contribution in [2.75, 3.05) is 0 Å². The van der Waals surface area contributed by atoms with E-state index in [0.29, 0.717) is 17.0 Å². The highest BCUT2D eigenvalue weighted by molar-refractivity contribution is 5.86. The van der Waals surface area contributed by atoms with Crippen LogP contribution in [0.1, 0.15) is 18.4 Å². The lowest BCUT2D eigenvalue weighted by Gasteiger charge is -2.14. The lowest BCUT2D eigenvalue weighted by molar-refractivity contribution is -0.127. The summed E-state index contributed by atoms with van der Waals surface area (Å²) in [6, 6.07) is 13.0. The van der Waals surface area contributed by atoms with Crippen LogP contribution in [0, 0.1) is 6.92 Å². The Balaban J connectivity index is 1.64. The van der Waals surface area contributed by atoms with Crippen LogP contribution in [0.2, 0.25) is 0 Å². The largest absolute Gasteiger partial charge is 0.479 e. The number of carbonyl (C=O) groups is 1. The third kappa shape index (κ3) is 3.60. The number of hydrogen-bond donors (Lipinski definition) is 1. The number of amides is 1. The van der Waals surface area contributed by atoms with E-state index in [2.05, 4.69) is 15.5 Å². The Labute approximate surface area is 139 Å². The van der Waals surface area contributed by atoms with E-state index in [-0.39, 0.29) is 5.91 Å². The van der Waals surface area contributed by atoms with Gasteiger partial charge in [0.05, 0.1) is 6.21 Å². The number of nitrogens with one attached hydrogen (secondary N) is 1. The fraction of sp³-hybridized carbons (Fsp3) is 0.167. The van der Waals surface area contributed by atoms with Crippen molar-refractivity contribution in [1.29, 1.82) is 0 Å². The minimum atomic E-state index is -0.715. The number of aryl methyl sites for hydroxylation is 1. The Morgan fingerprint density at radius 1 is 1.29 bits per heavy atom. The lowest BCUT2D eigenvalue weighted by Crippen LogP contribution is -2.33. The van der Waals surface area contributed by atoms with Gasteiger partial charge in [-0.15, -0.1) is 0 Å². The molecular formula is C18H17N3O3. The number of rotatable bonds is 5. The molecule has 2 aromatic heterocycles. The van der Waals surface area contributed by atoms with Gasteiger partial charge in [0.1, 0.15) is 22.8 Å². The van der Waals surface area contributed by atoms with Crippen LogP contribution < -0.4 is 10.2 Å². The summed E-state index contributed by atoms with van der Waals surface area (Å²) >= 11 is 0. The molecule has 1 unspecified atom stereocenters. The maximum absolute atomic E-state index is 12.1. The fourth-order valence-corrected chi connectivity index (χ4v) is 2.19.